The smallest absolute Gasteiger partial charge is 0.270 e. The zero-order chi connectivity index (χ0) is 21.3. The predicted octanol–water partition coefficient (Wildman–Crippen LogP) is 4.36. The fourth-order valence-electron chi connectivity index (χ4n) is 3.20. The maximum Gasteiger partial charge on any atom is 0.270 e. The number of hydrogen-bond donors (Lipinski definition) is 1. The van der Waals surface area contributed by atoms with Crippen molar-refractivity contribution in [3.63, 3.8) is 0 Å². The van der Waals surface area contributed by atoms with Gasteiger partial charge in [0.1, 0.15) is 0 Å². The molecule has 152 valence electrons. The molecule has 2 amide bonds. The lowest BCUT2D eigenvalue weighted by atomic mass is 10.1. The number of hydrogen-bond acceptors (Lipinski definition) is 6. The summed E-state index contributed by atoms with van der Waals surface area (Å²) in [4.78, 5) is 41.4. The Morgan fingerprint density at radius 3 is 2.77 bits per heavy atom. The molecule has 1 fully saturated rings. The van der Waals surface area contributed by atoms with Crippen molar-refractivity contribution in [2.75, 3.05) is 16.8 Å². The number of anilines is 2. The number of non-ortho nitro benzene ring substituents is 1. The van der Waals surface area contributed by atoms with Crippen LogP contribution in [0.15, 0.2) is 53.9 Å². The van der Waals surface area contributed by atoms with Crippen molar-refractivity contribution in [2.45, 2.75) is 6.42 Å². The number of nitro groups is 1. The van der Waals surface area contributed by atoms with Crippen LogP contribution in [0.5, 0.6) is 0 Å². The lowest BCUT2D eigenvalue weighted by molar-refractivity contribution is -0.384. The van der Waals surface area contributed by atoms with Gasteiger partial charge in [-0.3, -0.25) is 19.7 Å². The second-order valence-corrected chi connectivity index (χ2v) is 8.01. The van der Waals surface area contributed by atoms with E-state index >= 15 is 0 Å². The van der Waals surface area contributed by atoms with Crippen LogP contribution in [0.2, 0.25) is 5.02 Å². The molecule has 1 atom stereocenters. The molecule has 1 N–H and O–H groups in total. The van der Waals surface area contributed by atoms with E-state index in [4.69, 9.17) is 11.6 Å². The average Bonchev–Trinajstić information content (AvgIpc) is 3.35. The number of benzene rings is 2. The van der Waals surface area contributed by atoms with Crippen molar-refractivity contribution in [2.24, 2.45) is 5.92 Å². The molecule has 2 heterocycles. The van der Waals surface area contributed by atoms with Crippen molar-refractivity contribution in [1.82, 2.24) is 4.98 Å². The number of carbonyl (C=O) groups excluding carboxylic acids is 2. The average molecular weight is 443 g/mol. The van der Waals surface area contributed by atoms with Crippen molar-refractivity contribution in [3.8, 4) is 11.3 Å². The van der Waals surface area contributed by atoms with Gasteiger partial charge in [0.15, 0.2) is 5.13 Å². The highest BCUT2D eigenvalue weighted by atomic mass is 35.5. The summed E-state index contributed by atoms with van der Waals surface area (Å²) in [5, 5.41) is 16.4. The molecule has 0 spiro atoms. The van der Waals surface area contributed by atoms with Gasteiger partial charge >= 0.3 is 0 Å². The SMILES string of the molecule is O=C(Nc1nc(-c2cccc([N+](=O)[O-])c2)cs1)C1CC(=O)N(c2ccc(Cl)cc2)C1. The summed E-state index contributed by atoms with van der Waals surface area (Å²) >= 11 is 7.11. The topological polar surface area (TPSA) is 105 Å². The molecule has 3 aromatic rings. The largest absolute Gasteiger partial charge is 0.312 e. The number of nitrogens with zero attached hydrogens (tertiary/aromatic N) is 3. The molecule has 0 aliphatic carbocycles. The Morgan fingerprint density at radius 1 is 1.27 bits per heavy atom. The molecule has 1 unspecified atom stereocenters. The number of nitrogens with one attached hydrogen (secondary N) is 1. The van der Waals surface area contributed by atoms with E-state index in [2.05, 4.69) is 10.3 Å². The van der Waals surface area contributed by atoms with Crippen LogP contribution in [0.1, 0.15) is 6.42 Å². The van der Waals surface area contributed by atoms with Crippen LogP contribution in [0.3, 0.4) is 0 Å². The van der Waals surface area contributed by atoms with Gasteiger partial charge in [0.2, 0.25) is 11.8 Å². The molecule has 4 rings (SSSR count). The summed E-state index contributed by atoms with van der Waals surface area (Å²) in [6, 6.07) is 13.0. The Balaban J connectivity index is 1.44. The van der Waals surface area contributed by atoms with E-state index in [-0.39, 0.29) is 30.5 Å². The second kappa shape index (κ2) is 8.21. The molecule has 0 saturated carbocycles. The molecule has 10 heteroatoms. The molecule has 2 aromatic carbocycles. The van der Waals surface area contributed by atoms with Crippen LogP contribution in [-0.4, -0.2) is 28.3 Å². The minimum absolute atomic E-state index is 0.0298. The van der Waals surface area contributed by atoms with E-state index in [1.807, 2.05) is 0 Å². The number of amides is 2. The Morgan fingerprint density at radius 2 is 2.03 bits per heavy atom. The summed E-state index contributed by atoms with van der Waals surface area (Å²) in [6.07, 6.45) is 0.109. The van der Waals surface area contributed by atoms with Gasteiger partial charge in [0.05, 0.1) is 16.5 Å². The molecule has 1 aromatic heterocycles. The first-order valence-electron chi connectivity index (χ1n) is 8.98. The van der Waals surface area contributed by atoms with Crippen LogP contribution < -0.4 is 10.2 Å². The first-order valence-corrected chi connectivity index (χ1v) is 10.2. The van der Waals surface area contributed by atoms with E-state index in [0.29, 0.717) is 27.1 Å². The van der Waals surface area contributed by atoms with Gasteiger partial charge in [-0.25, -0.2) is 4.98 Å². The third-order valence-electron chi connectivity index (χ3n) is 4.72. The summed E-state index contributed by atoms with van der Waals surface area (Å²) in [5.41, 5.74) is 1.79. The van der Waals surface area contributed by atoms with E-state index in [1.165, 1.54) is 23.5 Å². The summed E-state index contributed by atoms with van der Waals surface area (Å²) in [6.45, 7) is 0.273. The highest BCUT2D eigenvalue weighted by Crippen LogP contribution is 2.30. The summed E-state index contributed by atoms with van der Waals surface area (Å²) in [7, 11) is 0. The maximum atomic E-state index is 12.6. The van der Waals surface area contributed by atoms with Crippen LogP contribution in [0.4, 0.5) is 16.5 Å². The molecular formula is C20H15ClN4O4S. The monoisotopic (exact) mass is 442 g/mol. The fourth-order valence-corrected chi connectivity index (χ4v) is 4.05. The van der Waals surface area contributed by atoms with E-state index < -0.39 is 10.8 Å². The Bertz CT molecular complexity index is 1130. The lowest BCUT2D eigenvalue weighted by Crippen LogP contribution is -2.28. The molecular weight excluding hydrogens is 428 g/mol. The highest BCUT2D eigenvalue weighted by molar-refractivity contribution is 7.14. The van der Waals surface area contributed by atoms with Gasteiger partial charge in [0, 0.05) is 46.8 Å². The van der Waals surface area contributed by atoms with Crippen molar-refractivity contribution in [3.05, 3.63) is 69.0 Å². The first-order chi connectivity index (χ1) is 14.4. The number of carbonyl (C=O) groups is 2. The summed E-state index contributed by atoms with van der Waals surface area (Å²) in [5.74, 6) is -0.924. The van der Waals surface area contributed by atoms with Gasteiger partial charge in [-0.15, -0.1) is 11.3 Å². The van der Waals surface area contributed by atoms with Crippen molar-refractivity contribution >= 4 is 51.3 Å². The lowest BCUT2D eigenvalue weighted by Gasteiger charge is -2.16. The minimum atomic E-state index is -0.502. The standard InChI is InChI=1S/C20H15ClN4O4S/c21-14-4-6-15(7-5-14)24-10-13(9-18(24)26)19(27)23-20-22-17(11-30-20)12-2-1-3-16(8-12)25(28)29/h1-8,11,13H,9-10H2,(H,22,23,27). The molecule has 0 bridgehead atoms. The minimum Gasteiger partial charge on any atom is -0.312 e. The van der Waals surface area contributed by atoms with Gasteiger partial charge in [-0.1, -0.05) is 23.7 Å². The number of rotatable bonds is 5. The Kier molecular flexibility index (Phi) is 5.47. The second-order valence-electron chi connectivity index (χ2n) is 6.72. The molecule has 8 nitrogen and oxygen atoms in total. The predicted molar refractivity (Wildman–Crippen MR) is 115 cm³/mol. The fraction of sp³-hybridized carbons (Fsp3) is 0.150. The van der Waals surface area contributed by atoms with Crippen LogP contribution in [0.25, 0.3) is 11.3 Å². The van der Waals surface area contributed by atoms with Crippen molar-refractivity contribution < 1.29 is 14.5 Å². The third-order valence-corrected chi connectivity index (χ3v) is 5.73. The molecule has 30 heavy (non-hydrogen) atoms. The van der Waals surface area contributed by atoms with E-state index in [9.17, 15) is 19.7 Å². The molecule has 1 saturated heterocycles. The van der Waals surface area contributed by atoms with Gasteiger partial charge in [0.25, 0.3) is 5.69 Å². The quantitative estimate of drug-likeness (QED) is 0.466. The first kappa shape index (κ1) is 20.0. The van der Waals surface area contributed by atoms with Crippen LogP contribution in [-0.2, 0) is 9.59 Å². The zero-order valence-electron chi connectivity index (χ0n) is 15.4. The molecule has 0 radical (unpaired) electrons. The molecule has 1 aliphatic rings. The van der Waals surface area contributed by atoms with Gasteiger partial charge in [-0.05, 0) is 24.3 Å². The number of nitro benzene ring substituents is 1. The van der Waals surface area contributed by atoms with Crippen LogP contribution >= 0.6 is 22.9 Å². The third kappa shape index (κ3) is 4.17. The molecule has 1 aliphatic heterocycles. The van der Waals surface area contributed by atoms with Gasteiger partial charge in [-0.2, -0.15) is 0 Å². The number of aromatic nitrogens is 1. The normalized spacial score (nSPS) is 16.0. The van der Waals surface area contributed by atoms with E-state index in [0.717, 1.165) is 0 Å². The number of thiazole rings is 1. The van der Waals surface area contributed by atoms with Crippen LogP contribution in [0, 0.1) is 16.0 Å². The number of halogens is 1. The zero-order valence-corrected chi connectivity index (χ0v) is 17.0. The van der Waals surface area contributed by atoms with E-state index in [1.54, 1.807) is 46.7 Å². The Labute approximate surface area is 180 Å². The highest BCUT2D eigenvalue weighted by Gasteiger charge is 2.35. The maximum absolute atomic E-state index is 12.6. The Hall–Kier alpha value is -3.30. The summed E-state index contributed by atoms with van der Waals surface area (Å²) < 4.78 is 0. The van der Waals surface area contributed by atoms with Crippen molar-refractivity contribution in [1.29, 1.82) is 0 Å². The van der Waals surface area contributed by atoms with Gasteiger partial charge < -0.3 is 10.2 Å².